The number of aliphatic imine (C=N–C) groups is 1. The molecule has 1 aliphatic heterocycles. The number of halogens is 4. The molecular formula is C19H29F3IN5. The molecule has 0 atom stereocenters. The van der Waals surface area contributed by atoms with Crippen LogP contribution in [-0.4, -0.2) is 57.2 Å². The predicted octanol–water partition coefficient (Wildman–Crippen LogP) is 3.32. The highest BCUT2D eigenvalue weighted by molar-refractivity contribution is 14.0. The third-order valence-corrected chi connectivity index (χ3v) is 4.42. The Kier molecular flexibility index (Phi) is 10.1. The summed E-state index contributed by atoms with van der Waals surface area (Å²) < 4.78 is 39.6. The van der Waals surface area contributed by atoms with E-state index in [2.05, 4.69) is 32.0 Å². The van der Waals surface area contributed by atoms with Gasteiger partial charge in [-0.25, -0.2) is 4.99 Å². The van der Waals surface area contributed by atoms with Crippen molar-refractivity contribution in [2.75, 3.05) is 51.2 Å². The first-order chi connectivity index (χ1) is 12.8. The molecule has 1 aliphatic rings. The monoisotopic (exact) mass is 511 g/mol. The highest BCUT2D eigenvalue weighted by Gasteiger charge is 2.31. The second kappa shape index (κ2) is 11.5. The Labute approximate surface area is 182 Å². The maximum absolute atomic E-state index is 13.2. The standard InChI is InChI=1S/C19H28F3N5.HI/c1-4-8-24-18(23-5-2)25-14-15-13-16(19(20,21)22)6-7-17(15)27-11-9-26(3)10-12-27;/h4,6-7,13H,1,5,8-12,14H2,2-3H3,(H2,23,24,25);1H. The van der Waals surface area contributed by atoms with Crippen molar-refractivity contribution >= 4 is 35.6 Å². The largest absolute Gasteiger partial charge is 0.416 e. The molecule has 1 saturated heterocycles. The number of alkyl halides is 3. The van der Waals surface area contributed by atoms with Crippen LogP contribution in [0.4, 0.5) is 18.9 Å². The fraction of sp³-hybridized carbons (Fsp3) is 0.526. The molecule has 0 radical (unpaired) electrons. The zero-order valence-electron chi connectivity index (χ0n) is 16.4. The molecular weight excluding hydrogens is 482 g/mol. The van der Waals surface area contributed by atoms with Crippen molar-refractivity contribution in [3.63, 3.8) is 0 Å². The number of piperazine rings is 1. The topological polar surface area (TPSA) is 42.9 Å². The van der Waals surface area contributed by atoms with Gasteiger partial charge in [-0.1, -0.05) is 6.08 Å². The number of anilines is 1. The molecule has 0 saturated carbocycles. The van der Waals surface area contributed by atoms with E-state index in [0.29, 0.717) is 24.6 Å². The van der Waals surface area contributed by atoms with Gasteiger partial charge in [-0.15, -0.1) is 30.6 Å². The number of nitrogens with zero attached hydrogens (tertiary/aromatic N) is 3. The summed E-state index contributed by atoms with van der Waals surface area (Å²) in [6.07, 6.45) is -2.67. The van der Waals surface area contributed by atoms with Crippen molar-refractivity contribution < 1.29 is 13.2 Å². The first-order valence-corrected chi connectivity index (χ1v) is 9.11. The average molecular weight is 511 g/mol. The van der Waals surface area contributed by atoms with E-state index in [1.807, 2.05) is 14.0 Å². The molecule has 0 spiro atoms. The lowest BCUT2D eigenvalue weighted by molar-refractivity contribution is -0.137. The lowest BCUT2D eigenvalue weighted by Crippen LogP contribution is -2.44. The van der Waals surface area contributed by atoms with E-state index < -0.39 is 11.7 Å². The van der Waals surface area contributed by atoms with Crippen LogP contribution in [-0.2, 0) is 12.7 Å². The zero-order chi connectivity index (χ0) is 19.9. The number of guanidine groups is 1. The summed E-state index contributed by atoms with van der Waals surface area (Å²) in [7, 11) is 2.04. The fourth-order valence-electron chi connectivity index (χ4n) is 2.92. The lowest BCUT2D eigenvalue weighted by atomic mass is 10.1. The molecule has 1 heterocycles. The third-order valence-electron chi connectivity index (χ3n) is 4.42. The maximum Gasteiger partial charge on any atom is 0.416 e. The molecule has 0 aromatic heterocycles. The van der Waals surface area contributed by atoms with Crippen LogP contribution in [0.3, 0.4) is 0 Å². The number of benzene rings is 1. The maximum atomic E-state index is 13.2. The van der Waals surface area contributed by atoms with Crippen LogP contribution in [0.1, 0.15) is 18.1 Å². The van der Waals surface area contributed by atoms with Gasteiger partial charge in [-0.2, -0.15) is 13.2 Å². The average Bonchev–Trinajstić information content (AvgIpc) is 2.64. The summed E-state index contributed by atoms with van der Waals surface area (Å²) in [4.78, 5) is 8.80. The van der Waals surface area contributed by atoms with Gasteiger partial charge >= 0.3 is 6.18 Å². The summed E-state index contributed by atoms with van der Waals surface area (Å²) in [6, 6.07) is 3.94. The van der Waals surface area contributed by atoms with Gasteiger partial charge < -0.3 is 20.4 Å². The van der Waals surface area contributed by atoms with Crippen molar-refractivity contribution in [2.45, 2.75) is 19.6 Å². The van der Waals surface area contributed by atoms with Gasteiger partial charge in [-0.3, -0.25) is 0 Å². The number of hydrogen-bond donors (Lipinski definition) is 2. The molecule has 1 aromatic rings. The minimum absolute atomic E-state index is 0. The number of nitrogens with one attached hydrogen (secondary N) is 2. The first kappa shape index (κ1) is 24.5. The summed E-state index contributed by atoms with van der Waals surface area (Å²) in [5.74, 6) is 0.555. The Morgan fingerprint density at radius 2 is 1.89 bits per heavy atom. The van der Waals surface area contributed by atoms with Crippen molar-refractivity contribution in [2.24, 2.45) is 4.99 Å². The first-order valence-electron chi connectivity index (χ1n) is 9.11. The molecule has 0 unspecified atom stereocenters. The van der Waals surface area contributed by atoms with Crippen LogP contribution in [0.15, 0.2) is 35.8 Å². The third kappa shape index (κ3) is 7.16. The van der Waals surface area contributed by atoms with Gasteiger partial charge in [0, 0.05) is 45.0 Å². The predicted molar refractivity (Wildman–Crippen MR) is 120 cm³/mol. The summed E-state index contributed by atoms with van der Waals surface area (Å²) in [5.41, 5.74) is 0.749. The normalized spacial score (nSPS) is 15.8. The highest BCUT2D eigenvalue weighted by atomic mass is 127. The molecule has 0 amide bonds. The smallest absolute Gasteiger partial charge is 0.369 e. The van der Waals surface area contributed by atoms with Crippen LogP contribution >= 0.6 is 24.0 Å². The van der Waals surface area contributed by atoms with E-state index in [9.17, 15) is 13.2 Å². The molecule has 28 heavy (non-hydrogen) atoms. The molecule has 0 bridgehead atoms. The Hall–Kier alpha value is -1.49. The van der Waals surface area contributed by atoms with Crippen molar-refractivity contribution in [1.82, 2.24) is 15.5 Å². The Balaban J connectivity index is 0.00000392. The molecule has 5 nitrogen and oxygen atoms in total. The van der Waals surface area contributed by atoms with E-state index in [1.54, 1.807) is 12.1 Å². The molecule has 2 rings (SSSR count). The van der Waals surface area contributed by atoms with Crippen molar-refractivity contribution in [1.29, 1.82) is 0 Å². The molecule has 1 fully saturated rings. The fourth-order valence-corrected chi connectivity index (χ4v) is 2.92. The molecule has 9 heteroatoms. The second-order valence-corrected chi connectivity index (χ2v) is 6.50. The molecule has 2 N–H and O–H groups in total. The van der Waals surface area contributed by atoms with Gasteiger partial charge in [0.2, 0.25) is 0 Å². The van der Waals surface area contributed by atoms with E-state index in [4.69, 9.17) is 0 Å². The van der Waals surface area contributed by atoms with Crippen LogP contribution < -0.4 is 15.5 Å². The van der Waals surface area contributed by atoms with Crippen LogP contribution in [0, 0.1) is 0 Å². The molecule has 158 valence electrons. The Morgan fingerprint density at radius 1 is 1.21 bits per heavy atom. The summed E-state index contributed by atoms with van der Waals surface area (Å²) in [6.45, 7) is 10.3. The van der Waals surface area contributed by atoms with Gasteiger partial charge in [0.25, 0.3) is 0 Å². The van der Waals surface area contributed by atoms with Gasteiger partial charge in [-0.05, 0) is 37.7 Å². The number of hydrogen-bond acceptors (Lipinski definition) is 3. The number of likely N-dealkylation sites (N-methyl/N-ethyl adjacent to an activating group) is 1. The Bertz CT molecular complexity index is 655. The van der Waals surface area contributed by atoms with Crippen LogP contribution in [0.5, 0.6) is 0 Å². The number of rotatable bonds is 6. The zero-order valence-corrected chi connectivity index (χ0v) is 18.7. The van der Waals surface area contributed by atoms with E-state index in [-0.39, 0.29) is 30.5 Å². The van der Waals surface area contributed by atoms with Crippen molar-refractivity contribution in [3.05, 3.63) is 42.0 Å². The molecule has 0 aliphatic carbocycles. The van der Waals surface area contributed by atoms with Gasteiger partial charge in [0.15, 0.2) is 5.96 Å². The van der Waals surface area contributed by atoms with Gasteiger partial charge in [0.05, 0.1) is 12.1 Å². The van der Waals surface area contributed by atoms with E-state index in [1.165, 1.54) is 6.07 Å². The van der Waals surface area contributed by atoms with Gasteiger partial charge in [0.1, 0.15) is 0 Å². The van der Waals surface area contributed by atoms with Crippen LogP contribution in [0.2, 0.25) is 0 Å². The minimum atomic E-state index is -4.37. The van der Waals surface area contributed by atoms with Crippen molar-refractivity contribution in [3.8, 4) is 0 Å². The summed E-state index contributed by atoms with van der Waals surface area (Å²) >= 11 is 0. The highest BCUT2D eigenvalue weighted by Crippen LogP contribution is 2.33. The Morgan fingerprint density at radius 3 is 2.46 bits per heavy atom. The quantitative estimate of drug-likeness (QED) is 0.266. The molecule has 1 aromatic carbocycles. The minimum Gasteiger partial charge on any atom is -0.369 e. The van der Waals surface area contributed by atoms with Crippen LogP contribution in [0.25, 0.3) is 0 Å². The SMILES string of the molecule is C=CCNC(=NCc1cc(C(F)(F)F)ccc1N1CCN(C)CC1)NCC.I. The summed E-state index contributed by atoms with van der Waals surface area (Å²) in [5, 5.41) is 6.15. The van der Waals surface area contributed by atoms with E-state index in [0.717, 1.165) is 37.9 Å². The second-order valence-electron chi connectivity index (χ2n) is 6.50. The lowest BCUT2D eigenvalue weighted by Gasteiger charge is -2.35. The van der Waals surface area contributed by atoms with E-state index >= 15 is 0 Å².